The van der Waals surface area contributed by atoms with Crippen LogP contribution >= 0.6 is 11.6 Å². The van der Waals surface area contributed by atoms with E-state index in [0.29, 0.717) is 5.15 Å². The van der Waals surface area contributed by atoms with Crippen LogP contribution in [0.1, 0.15) is 38.9 Å². The van der Waals surface area contributed by atoms with Gasteiger partial charge in [0.15, 0.2) is 0 Å². The summed E-state index contributed by atoms with van der Waals surface area (Å²) in [5, 5.41) is 0.515. The Labute approximate surface area is 113 Å². The lowest BCUT2D eigenvalue weighted by molar-refractivity contribution is 0.0820. The van der Waals surface area contributed by atoms with Gasteiger partial charge in [0.2, 0.25) is 0 Å². The molecule has 2 heterocycles. The summed E-state index contributed by atoms with van der Waals surface area (Å²) in [5.41, 5.74) is 0. The number of aromatic nitrogens is 2. The minimum Gasteiger partial charge on any atom is -0.377 e. The lowest BCUT2D eigenvalue weighted by Gasteiger charge is -2.24. The molecule has 1 aromatic heterocycles. The van der Waals surface area contributed by atoms with E-state index in [9.17, 15) is 0 Å². The molecule has 100 valence electrons. The third kappa shape index (κ3) is 3.33. The van der Waals surface area contributed by atoms with E-state index in [4.69, 9.17) is 16.3 Å². The quantitative estimate of drug-likeness (QED) is 0.774. The van der Waals surface area contributed by atoms with Crippen molar-refractivity contribution < 1.29 is 4.74 Å². The summed E-state index contributed by atoms with van der Waals surface area (Å²) in [6.07, 6.45) is 1.24. The SMILES string of the molecule is CC1CN(c2cc(Cl)nc(C(C)C)n2)CCCO1. The van der Waals surface area contributed by atoms with E-state index >= 15 is 0 Å². The first kappa shape index (κ1) is 13.6. The van der Waals surface area contributed by atoms with E-state index in [1.807, 2.05) is 6.07 Å². The summed E-state index contributed by atoms with van der Waals surface area (Å²) >= 11 is 6.08. The van der Waals surface area contributed by atoms with Crippen molar-refractivity contribution in [3.8, 4) is 0 Å². The van der Waals surface area contributed by atoms with Crippen molar-refractivity contribution in [3.63, 3.8) is 0 Å². The summed E-state index contributed by atoms with van der Waals surface area (Å²) in [4.78, 5) is 11.1. The van der Waals surface area contributed by atoms with Crippen LogP contribution in [0.25, 0.3) is 0 Å². The van der Waals surface area contributed by atoms with Crippen LogP contribution in [0.15, 0.2) is 6.07 Å². The Morgan fingerprint density at radius 3 is 2.94 bits per heavy atom. The highest BCUT2D eigenvalue weighted by molar-refractivity contribution is 6.29. The van der Waals surface area contributed by atoms with Crippen molar-refractivity contribution in [3.05, 3.63) is 17.0 Å². The summed E-state index contributed by atoms with van der Waals surface area (Å²) in [5.74, 6) is 1.99. The zero-order valence-corrected chi connectivity index (χ0v) is 11.9. The van der Waals surface area contributed by atoms with Gasteiger partial charge in [0.1, 0.15) is 16.8 Å². The van der Waals surface area contributed by atoms with Crippen LogP contribution in [0.4, 0.5) is 5.82 Å². The van der Waals surface area contributed by atoms with Gasteiger partial charge in [-0.25, -0.2) is 9.97 Å². The number of ether oxygens (including phenoxy) is 1. The molecule has 0 spiro atoms. The van der Waals surface area contributed by atoms with Crippen LogP contribution in [-0.4, -0.2) is 35.8 Å². The fourth-order valence-corrected chi connectivity index (χ4v) is 2.23. The molecule has 0 aromatic carbocycles. The third-order valence-corrected chi connectivity index (χ3v) is 3.18. The first-order valence-electron chi connectivity index (χ1n) is 6.47. The molecule has 2 rings (SSSR count). The van der Waals surface area contributed by atoms with Crippen molar-refractivity contribution in [1.29, 1.82) is 0 Å². The smallest absolute Gasteiger partial charge is 0.135 e. The zero-order chi connectivity index (χ0) is 13.1. The molecule has 1 unspecified atom stereocenters. The van der Waals surface area contributed by atoms with E-state index in [2.05, 4.69) is 35.6 Å². The van der Waals surface area contributed by atoms with Gasteiger partial charge < -0.3 is 9.64 Å². The minimum absolute atomic E-state index is 0.226. The summed E-state index contributed by atoms with van der Waals surface area (Å²) in [6.45, 7) is 8.85. The molecule has 1 aliphatic heterocycles. The molecule has 4 nitrogen and oxygen atoms in total. The second-order valence-corrected chi connectivity index (χ2v) is 5.43. The van der Waals surface area contributed by atoms with Crippen molar-refractivity contribution in [2.45, 2.75) is 39.2 Å². The van der Waals surface area contributed by atoms with Crippen LogP contribution in [0.3, 0.4) is 0 Å². The van der Waals surface area contributed by atoms with Gasteiger partial charge in [-0.3, -0.25) is 0 Å². The maximum Gasteiger partial charge on any atom is 0.135 e. The highest BCUT2D eigenvalue weighted by atomic mass is 35.5. The third-order valence-electron chi connectivity index (χ3n) is 2.99. The minimum atomic E-state index is 0.226. The Morgan fingerprint density at radius 2 is 2.22 bits per heavy atom. The molecule has 0 bridgehead atoms. The van der Waals surface area contributed by atoms with Crippen molar-refractivity contribution >= 4 is 17.4 Å². The fourth-order valence-electron chi connectivity index (χ4n) is 2.05. The molecule has 0 N–H and O–H groups in total. The van der Waals surface area contributed by atoms with Gasteiger partial charge in [0.25, 0.3) is 0 Å². The molecule has 18 heavy (non-hydrogen) atoms. The van der Waals surface area contributed by atoms with E-state index < -0.39 is 0 Å². The van der Waals surface area contributed by atoms with E-state index in [0.717, 1.165) is 37.8 Å². The average Bonchev–Trinajstić information content (AvgIpc) is 2.53. The van der Waals surface area contributed by atoms with Gasteiger partial charge in [0.05, 0.1) is 6.10 Å². The summed E-state index contributed by atoms with van der Waals surface area (Å²) in [7, 11) is 0. The number of rotatable bonds is 2. The Hall–Kier alpha value is -0.870. The highest BCUT2D eigenvalue weighted by Crippen LogP contribution is 2.21. The number of halogens is 1. The molecule has 1 aliphatic rings. The highest BCUT2D eigenvalue weighted by Gasteiger charge is 2.18. The number of hydrogen-bond acceptors (Lipinski definition) is 4. The molecule has 0 radical (unpaired) electrons. The van der Waals surface area contributed by atoms with Crippen molar-refractivity contribution in [2.75, 3.05) is 24.6 Å². The van der Waals surface area contributed by atoms with Crippen LogP contribution < -0.4 is 4.90 Å². The lowest BCUT2D eigenvalue weighted by atomic mass is 10.2. The molecule has 1 atom stereocenters. The first-order valence-corrected chi connectivity index (χ1v) is 6.85. The lowest BCUT2D eigenvalue weighted by Crippen LogP contribution is -2.31. The van der Waals surface area contributed by atoms with Gasteiger partial charge >= 0.3 is 0 Å². The molecule has 0 amide bonds. The Kier molecular flexibility index (Phi) is 4.40. The van der Waals surface area contributed by atoms with Gasteiger partial charge in [-0.15, -0.1) is 0 Å². The standard InChI is InChI=1S/C13H20ClN3O/c1-9(2)13-15-11(14)7-12(16-13)17-5-4-6-18-10(3)8-17/h7,9-10H,4-6,8H2,1-3H3. The summed E-state index contributed by atoms with van der Waals surface area (Å²) < 4.78 is 5.64. The van der Waals surface area contributed by atoms with E-state index in [-0.39, 0.29) is 12.0 Å². The van der Waals surface area contributed by atoms with Crippen LogP contribution in [0, 0.1) is 0 Å². The van der Waals surface area contributed by atoms with Crippen molar-refractivity contribution in [1.82, 2.24) is 9.97 Å². The zero-order valence-electron chi connectivity index (χ0n) is 11.2. The monoisotopic (exact) mass is 269 g/mol. The molecule has 1 fully saturated rings. The van der Waals surface area contributed by atoms with Gasteiger partial charge in [0, 0.05) is 31.7 Å². The first-order chi connectivity index (χ1) is 8.56. The van der Waals surface area contributed by atoms with E-state index in [1.165, 1.54) is 0 Å². The number of anilines is 1. The summed E-state index contributed by atoms with van der Waals surface area (Å²) in [6, 6.07) is 1.84. The predicted molar refractivity (Wildman–Crippen MR) is 73.4 cm³/mol. The fraction of sp³-hybridized carbons (Fsp3) is 0.692. The maximum absolute atomic E-state index is 6.08. The predicted octanol–water partition coefficient (Wildman–Crippen LogP) is 2.87. The second kappa shape index (κ2) is 5.85. The van der Waals surface area contributed by atoms with Crippen molar-refractivity contribution in [2.24, 2.45) is 0 Å². The molecular weight excluding hydrogens is 250 g/mol. The molecular formula is C13H20ClN3O. The number of nitrogens with zero attached hydrogens (tertiary/aromatic N) is 3. The Balaban J connectivity index is 2.25. The molecule has 0 saturated carbocycles. The topological polar surface area (TPSA) is 38.2 Å². The largest absolute Gasteiger partial charge is 0.377 e. The van der Waals surface area contributed by atoms with Gasteiger partial charge in [-0.05, 0) is 13.3 Å². The van der Waals surface area contributed by atoms with Crippen LogP contribution in [0.5, 0.6) is 0 Å². The second-order valence-electron chi connectivity index (χ2n) is 5.04. The van der Waals surface area contributed by atoms with Crippen LogP contribution in [-0.2, 0) is 4.74 Å². The molecule has 0 aliphatic carbocycles. The Morgan fingerprint density at radius 1 is 1.44 bits per heavy atom. The molecule has 5 heteroatoms. The van der Waals surface area contributed by atoms with Gasteiger partial charge in [-0.1, -0.05) is 25.4 Å². The van der Waals surface area contributed by atoms with Crippen LogP contribution in [0.2, 0.25) is 5.15 Å². The average molecular weight is 270 g/mol. The Bertz CT molecular complexity index is 411. The molecule has 1 saturated heterocycles. The number of hydrogen-bond donors (Lipinski definition) is 0. The maximum atomic E-state index is 6.08. The van der Waals surface area contributed by atoms with Gasteiger partial charge in [-0.2, -0.15) is 0 Å². The molecule has 1 aromatic rings. The normalized spacial score (nSPS) is 21.2. The van der Waals surface area contributed by atoms with E-state index in [1.54, 1.807) is 0 Å².